The predicted molar refractivity (Wildman–Crippen MR) is 136 cm³/mol. The second-order valence-electron chi connectivity index (χ2n) is 8.82. The van der Waals surface area contributed by atoms with Gasteiger partial charge in [-0.3, -0.25) is 14.4 Å². The molecule has 2 atom stereocenters. The van der Waals surface area contributed by atoms with E-state index in [9.17, 15) is 19.5 Å². The number of benzene rings is 3. The summed E-state index contributed by atoms with van der Waals surface area (Å²) in [6.07, 6.45) is 2.77. The van der Waals surface area contributed by atoms with Crippen molar-refractivity contribution in [1.82, 2.24) is 10.6 Å². The number of amides is 2. The molecule has 1 aliphatic rings. The van der Waals surface area contributed by atoms with E-state index in [1.807, 2.05) is 30.3 Å². The van der Waals surface area contributed by atoms with Crippen molar-refractivity contribution >= 4 is 23.9 Å². The van der Waals surface area contributed by atoms with Gasteiger partial charge in [-0.1, -0.05) is 60.7 Å². The van der Waals surface area contributed by atoms with Gasteiger partial charge in [0, 0.05) is 11.6 Å². The fourth-order valence-corrected chi connectivity index (χ4v) is 4.58. The third kappa shape index (κ3) is 5.46. The van der Waals surface area contributed by atoms with Crippen molar-refractivity contribution < 1.29 is 24.2 Å². The molecule has 1 saturated carbocycles. The number of rotatable bonds is 8. The first-order valence-electron chi connectivity index (χ1n) is 11.7. The van der Waals surface area contributed by atoms with E-state index in [1.165, 1.54) is 0 Å². The van der Waals surface area contributed by atoms with Crippen LogP contribution in [0.2, 0.25) is 0 Å². The quantitative estimate of drug-likeness (QED) is 0.417. The van der Waals surface area contributed by atoms with Crippen LogP contribution in [-0.2, 0) is 15.0 Å². The van der Waals surface area contributed by atoms with E-state index in [1.54, 1.807) is 67.8 Å². The molecular weight excluding hydrogens is 456 g/mol. The number of aliphatic carboxylic acids is 1. The second-order valence-corrected chi connectivity index (χ2v) is 8.82. The molecule has 184 valence electrons. The Balaban J connectivity index is 1.56. The minimum Gasteiger partial charge on any atom is -0.497 e. The summed E-state index contributed by atoms with van der Waals surface area (Å²) in [6, 6.07) is 24.5. The smallest absolute Gasteiger partial charge is 0.314 e. The fourth-order valence-electron chi connectivity index (χ4n) is 4.58. The van der Waals surface area contributed by atoms with Crippen molar-refractivity contribution in [1.29, 1.82) is 0 Å². The Morgan fingerprint density at radius 2 is 1.58 bits per heavy atom. The number of ether oxygens (including phenoxy) is 1. The molecule has 4 rings (SSSR count). The number of carboxylic acids is 1. The number of nitrogens with one attached hydrogen (secondary N) is 2. The number of carbonyl (C=O) groups is 3. The first-order valence-corrected chi connectivity index (χ1v) is 11.7. The summed E-state index contributed by atoms with van der Waals surface area (Å²) in [4.78, 5) is 38.5. The Kier molecular flexibility index (Phi) is 7.49. The van der Waals surface area contributed by atoms with E-state index in [0.717, 1.165) is 5.56 Å². The van der Waals surface area contributed by atoms with Gasteiger partial charge in [-0.15, -0.1) is 0 Å². The Morgan fingerprint density at radius 1 is 0.944 bits per heavy atom. The van der Waals surface area contributed by atoms with Gasteiger partial charge < -0.3 is 20.5 Å². The van der Waals surface area contributed by atoms with Crippen LogP contribution in [0.1, 0.15) is 40.7 Å². The number of carboxylic acid groups (broad SMARTS) is 1. The molecule has 0 bridgehead atoms. The van der Waals surface area contributed by atoms with E-state index in [-0.39, 0.29) is 18.2 Å². The SMILES string of the molecule is COc1ccc(/C=C(/NC(=O)c2ccccc2)C(=O)N[C@@H]2CC[C@@](C(=O)O)(c3ccccc3)C2)cc1. The molecule has 1 fully saturated rings. The summed E-state index contributed by atoms with van der Waals surface area (Å²) in [7, 11) is 1.57. The maximum absolute atomic E-state index is 13.3. The summed E-state index contributed by atoms with van der Waals surface area (Å²) in [5.41, 5.74) is 0.847. The maximum atomic E-state index is 13.3. The lowest BCUT2D eigenvalue weighted by Crippen LogP contribution is -2.41. The van der Waals surface area contributed by atoms with Crippen LogP contribution >= 0.6 is 0 Å². The monoisotopic (exact) mass is 484 g/mol. The van der Waals surface area contributed by atoms with Crippen LogP contribution in [0.3, 0.4) is 0 Å². The normalized spacial score (nSPS) is 19.4. The Labute approximate surface area is 209 Å². The summed E-state index contributed by atoms with van der Waals surface area (Å²) in [5, 5.41) is 15.7. The van der Waals surface area contributed by atoms with Gasteiger partial charge in [0.15, 0.2) is 0 Å². The van der Waals surface area contributed by atoms with Crippen LogP contribution in [0.5, 0.6) is 5.75 Å². The van der Waals surface area contributed by atoms with Gasteiger partial charge in [-0.2, -0.15) is 0 Å². The van der Waals surface area contributed by atoms with Crippen molar-refractivity contribution in [3.05, 3.63) is 107 Å². The molecule has 3 aromatic carbocycles. The van der Waals surface area contributed by atoms with Crippen LogP contribution in [0.15, 0.2) is 90.6 Å². The van der Waals surface area contributed by atoms with Gasteiger partial charge in [-0.25, -0.2) is 0 Å². The van der Waals surface area contributed by atoms with Gasteiger partial charge in [0.25, 0.3) is 11.8 Å². The molecule has 3 N–H and O–H groups in total. The zero-order valence-electron chi connectivity index (χ0n) is 19.9. The largest absolute Gasteiger partial charge is 0.497 e. The third-order valence-corrected chi connectivity index (χ3v) is 6.54. The van der Waals surface area contributed by atoms with Crippen molar-refractivity contribution in [2.75, 3.05) is 7.11 Å². The highest BCUT2D eigenvalue weighted by atomic mass is 16.5. The highest BCUT2D eigenvalue weighted by Crippen LogP contribution is 2.41. The minimum absolute atomic E-state index is 0.0709. The third-order valence-electron chi connectivity index (χ3n) is 6.54. The van der Waals surface area contributed by atoms with Crippen LogP contribution in [0.25, 0.3) is 6.08 Å². The van der Waals surface area contributed by atoms with E-state index in [2.05, 4.69) is 10.6 Å². The average Bonchev–Trinajstić information content (AvgIpc) is 3.35. The van der Waals surface area contributed by atoms with Gasteiger partial charge >= 0.3 is 5.97 Å². The average molecular weight is 485 g/mol. The van der Waals surface area contributed by atoms with E-state index >= 15 is 0 Å². The molecule has 7 heteroatoms. The fraction of sp³-hybridized carbons (Fsp3) is 0.207. The van der Waals surface area contributed by atoms with Gasteiger partial charge in [0.1, 0.15) is 11.4 Å². The minimum atomic E-state index is -1.06. The van der Waals surface area contributed by atoms with Gasteiger partial charge in [0.05, 0.1) is 12.5 Å². The molecule has 0 spiro atoms. The highest BCUT2D eigenvalue weighted by Gasteiger charge is 2.47. The number of methoxy groups -OCH3 is 1. The topological polar surface area (TPSA) is 105 Å². The number of hydrogen-bond donors (Lipinski definition) is 3. The van der Waals surface area contributed by atoms with Crippen molar-refractivity contribution in [3.8, 4) is 5.75 Å². The zero-order chi connectivity index (χ0) is 25.5. The molecule has 0 aliphatic heterocycles. The molecule has 0 unspecified atom stereocenters. The summed E-state index contributed by atoms with van der Waals surface area (Å²) < 4.78 is 5.19. The molecule has 7 nitrogen and oxygen atoms in total. The molecule has 2 amide bonds. The van der Waals surface area contributed by atoms with Crippen LogP contribution < -0.4 is 15.4 Å². The lowest BCUT2D eigenvalue weighted by atomic mass is 9.79. The highest BCUT2D eigenvalue weighted by molar-refractivity contribution is 6.05. The molecule has 0 saturated heterocycles. The summed E-state index contributed by atoms with van der Waals surface area (Å²) >= 11 is 0. The summed E-state index contributed by atoms with van der Waals surface area (Å²) in [5.74, 6) is -1.13. The zero-order valence-corrected chi connectivity index (χ0v) is 19.9. The molecule has 0 radical (unpaired) electrons. The molecule has 36 heavy (non-hydrogen) atoms. The lowest BCUT2D eigenvalue weighted by Gasteiger charge is -2.25. The first kappa shape index (κ1) is 24.7. The molecule has 3 aromatic rings. The standard InChI is InChI=1S/C29H28N2O5/c1-36-24-14-12-20(13-15-24)18-25(31-26(32)21-8-4-2-5-9-21)27(33)30-23-16-17-29(19-23,28(34)35)22-10-6-3-7-11-22/h2-15,18,23H,16-17,19H2,1H3,(H,30,33)(H,31,32)(H,34,35)/b25-18+/t23-,29+/m1/s1. The number of carbonyl (C=O) groups excluding carboxylic acids is 2. The molecule has 1 aliphatic carbocycles. The van der Waals surface area contributed by atoms with E-state index in [0.29, 0.717) is 29.7 Å². The van der Waals surface area contributed by atoms with Crippen LogP contribution in [0, 0.1) is 0 Å². The van der Waals surface area contributed by atoms with Gasteiger partial charge in [-0.05, 0) is 60.7 Å². The second kappa shape index (κ2) is 10.9. The Morgan fingerprint density at radius 3 is 2.19 bits per heavy atom. The van der Waals surface area contributed by atoms with Crippen molar-refractivity contribution in [2.45, 2.75) is 30.7 Å². The summed E-state index contributed by atoms with van der Waals surface area (Å²) in [6.45, 7) is 0. The van der Waals surface area contributed by atoms with E-state index < -0.39 is 23.2 Å². The Bertz CT molecular complexity index is 1260. The predicted octanol–water partition coefficient (Wildman–Crippen LogP) is 4.16. The van der Waals surface area contributed by atoms with Crippen LogP contribution in [-0.4, -0.2) is 36.0 Å². The first-order chi connectivity index (χ1) is 17.4. The van der Waals surface area contributed by atoms with Gasteiger partial charge in [0.2, 0.25) is 0 Å². The van der Waals surface area contributed by atoms with Crippen LogP contribution in [0.4, 0.5) is 0 Å². The van der Waals surface area contributed by atoms with Crippen molar-refractivity contribution in [2.24, 2.45) is 0 Å². The molecule has 0 aromatic heterocycles. The Hall–Kier alpha value is -4.39. The molecule has 0 heterocycles. The number of hydrogen-bond acceptors (Lipinski definition) is 4. The van der Waals surface area contributed by atoms with Crippen molar-refractivity contribution in [3.63, 3.8) is 0 Å². The maximum Gasteiger partial charge on any atom is 0.314 e. The van der Waals surface area contributed by atoms with E-state index in [4.69, 9.17) is 4.74 Å². The lowest BCUT2D eigenvalue weighted by molar-refractivity contribution is -0.143. The molecular formula is C29H28N2O5.